The Labute approximate surface area is 105 Å². The Morgan fingerprint density at radius 3 is 2.78 bits per heavy atom. The average molecular weight is 253 g/mol. The highest BCUT2D eigenvalue weighted by atomic mass is 19.1. The molecule has 1 N–H and O–H groups in total. The predicted octanol–water partition coefficient (Wildman–Crippen LogP) is 2.00. The number of ether oxygens (including phenoxy) is 1. The van der Waals surface area contributed by atoms with E-state index in [-0.39, 0.29) is 11.3 Å². The van der Waals surface area contributed by atoms with Crippen LogP contribution in [0.5, 0.6) is 5.75 Å². The summed E-state index contributed by atoms with van der Waals surface area (Å²) in [5.41, 5.74) is -0.00202. The van der Waals surface area contributed by atoms with E-state index in [4.69, 9.17) is 9.84 Å². The van der Waals surface area contributed by atoms with Gasteiger partial charge in [-0.3, -0.25) is 4.90 Å². The van der Waals surface area contributed by atoms with Crippen LogP contribution in [-0.2, 0) is 0 Å². The van der Waals surface area contributed by atoms with Crippen molar-refractivity contribution in [3.8, 4) is 5.75 Å². The molecule has 2 rings (SSSR count). The molecule has 0 aromatic heterocycles. The maximum atomic E-state index is 13.1. The van der Waals surface area contributed by atoms with E-state index in [9.17, 15) is 9.18 Å². The molecule has 1 aromatic rings. The Bertz CT molecular complexity index is 430. The first kappa shape index (κ1) is 12.8. The summed E-state index contributed by atoms with van der Waals surface area (Å²) in [6.07, 6.45) is 2.39. The molecule has 98 valence electrons. The Morgan fingerprint density at radius 2 is 2.11 bits per heavy atom. The van der Waals surface area contributed by atoms with Crippen LogP contribution in [0.25, 0.3) is 0 Å². The molecular weight excluding hydrogens is 237 g/mol. The first-order valence-corrected chi connectivity index (χ1v) is 6.05. The minimum atomic E-state index is -1.11. The van der Waals surface area contributed by atoms with Gasteiger partial charge in [0.25, 0.3) is 0 Å². The molecule has 0 aliphatic carbocycles. The molecule has 0 saturated carbocycles. The number of likely N-dealkylation sites (tertiary alicyclic amines) is 1. The van der Waals surface area contributed by atoms with Gasteiger partial charge < -0.3 is 9.84 Å². The largest absolute Gasteiger partial charge is 0.491 e. The van der Waals surface area contributed by atoms with E-state index in [0.29, 0.717) is 6.61 Å². The molecule has 1 aliphatic heterocycles. The number of hydrogen-bond acceptors (Lipinski definition) is 3. The third-order valence-corrected chi connectivity index (χ3v) is 3.04. The Hall–Kier alpha value is -1.62. The molecule has 0 amide bonds. The van der Waals surface area contributed by atoms with E-state index in [0.717, 1.165) is 31.8 Å². The fourth-order valence-corrected chi connectivity index (χ4v) is 2.08. The molecule has 4 nitrogen and oxygen atoms in total. The molecule has 0 unspecified atom stereocenters. The van der Waals surface area contributed by atoms with E-state index >= 15 is 0 Å². The highest BCUT2D eigenvalue weighted by Crippen LogP contribution is 2.20. The third kappa shape index (κ3) is 3.20. The first-order chi connectivity index (χ1) is 8.66. The Balaban J connectivity index is 1.94. The van der Waals surface area contributed by atoms with Gasteiger partial charge in [0.05, 0.1) is 0 Å². The summed E-state index contributed by atoms with van der Waals surface area (Å²) in [7, 11) is 0. The molecule has 1 aliphatic rings. The highest BCUT2D eigenvalue weighted by Gasteiger charge is 2.14. The van der Waals surface area contributed by atoms with Crippen LogP contribution in [0, 0.1) is 5.82 Å². The van der Waals surface area contributed by atoms with Crippen molar-refractivity contribution in [1.29, 1.82) is 0 Å². The molecule has 1 aromatic carbocycles. The zero-order chi connectivity index (χ0) is 13.0. The van der Waals surface area contributed by atoms with Crippen molar-refractivity contribution in [2.24, 2.45) is 0 Å². The highest BCUT2D eigenvalue weighted by molar-refractivity contribution is 5.90. The number of carboxylic acid groups (broad SMARTS) is 1. The summed E-state index contributed by atoms with van der Waals surface area (Å²) in [6.45, 7) is 3.23. The van der Waals surface area contributed by atoms with Gasteiger partial charge in [-0.15, -0.1) is 0 Å². The number of carboxylic acids is 1. The maximum absolute atomic E-state index is 13.1. The number of carbonyl (C=O) groups is 1. The molecule has 18 heavy (non-hydrogen) atoms. The van der Waals surface area contributed by atoms with Gasteiger partial charge in [-0.25, -0.2) is 9.18 Å². The fraction of sp³-hybridized carbons (Fsp3) is 0.462. The molecule has 0 radical (unpaired) electrons. The van der Waals surface area contributed by atoms with Crippen LogP contribution >= 0.6 is 0 Å². The normalized spacial score (nSPS) is 15.8. The van der Waals surface area contributed by atoms with E-state index < -0.39 is 11.8 Å². The van der Waals surface area contributed by atoms with Gasteiger partial charge in [-0.1, -0.05) is 0 Å². The minimum absolute atomic E-state index is 0.00202. The standard InChI is InChI=1S/C13H16FNO3/c14-10-3-4-11(13(16)17)12(9-10)18-8-7-15-5-1-2-6-15/h3-4,9H,1-2,5-8H2,(H,16,17). The minimum Gasteiger partial charge on any atom is -0.491 e. The smallest absolute Gasteiger partial charge is 0.339 e. The van der Waals surface area contributed by atoms with E-state index in [1.165, 1.54) is 18.9 Å². The van der Waals surface area contributed by atoms with Crippen molar-refractivity contribution in [3.05, 3.63) is 29.6 Å². The number of halogens is 1. The lowest BCUT2D eigenvalue weighted by Crippen LogP contribution is -2.25. The van der Waals surface area contributed by atoms with Gasteiger partial charge >= 0.3 is 5.97 Å². The topological polar surface area (TPSA) is 49.8 Å². The zero-order valence-electron chi connectivity index (χ0n) is 10.1. The van der Waals surface area contributed by atoms with Crippen LogP contribution in [0.4, 0.5) is 4.39 Å². The molecule has 1 saturated heterocycles. The quantitative estimate of drug-likeness (QED) is 0.872. The van der Waals surface area contributed by atoms with Gasteiger partial charge in [0.15, 0.2) is 0 Å². The summed E-state index contributed by atoms with van der Waals surface area (Å²) in [5.74, 6) is -1.50. The lowest BCUT2D eigenvalue weighted by molar-refractivity contribution is 0.0691. The van der Waals surface area contributed by atoms with Gasteiger partial charge in [0.2, 0.25) is 0 Å². The zero-order valence-corrected chi connectivity index (χ0v) is 10.1. The SMILES string of the molecule is O=C(O)c1ccc(F)cc1OCCN1CCCC1. The lowest BCUT2D eigenvalue weighted by atomic mass is 10.2. The second-order valence-electron chi connectivity index (χ2n) is 4.34. The number of rotatable bonds is 5. The van der Waals surface area contributed by atoms with E-state index in [1.807, 2.05) is 0 Å². The number of hydrogen-bond donors (Lipinski definition) is 1. The molecular formula is C13H16FNO3. The summed E-state index contributed by atoms with van der Waals surface area (Å²) in [4.78, 5) is 13.2. The first-order valence-electron chi connectivity index (χ1n) is 6.05. The second kappa shape index (κ2) is 5.82. The van der Waals surface area contributed by atoms with E-state index in [2.05, 4.69) is 4.90 Å². The monoisotopic (exact) mass is 253 g/mol. The molecule has 1 fully saturated rings. The average Bonchev–Trinajstić information content (AvgIpc) is 2.82. The van der Waals surface area contributed by atoms with Crippen LogP contribution < -0.4 is 4.74 Å². The van der Waals surface area contributed by atoms with Gasteiger partial charge in [-0.2, -0.15) is 0 Å². The molecule has 0 spiro atoms. The molecule has 5 heteroatoms. The maximum Gasteiger partial charge on any atom is 0.339 e. The molecule has 0 bridgehead atoms. The third-order valence-electron chi connectivity index (χ3n) is 3.04. The van der Waals surface area contributed by atoms with Crippen molar-refractivity contribution < 1.29 is 19.0 Å². The summed E-state index contributed by atoms with van der Waals surface area (Å²) < 4.78 is 18.4. The van der Waals surface area contributed by atoms with E-state index in [1.54, 1.807) is 0 Å². The van der Waals surface area contributed by atoms with Crippen LogP contribution in [-0.4, -0.2) is 42.2 Å². The molecule has 0 atom stereocenters. The Kier molecular flexibility index (Phi) is 4.15. The van der Waals surface area contributed by atoms with Crippen LogP contribution in [0.2, 0.25) is 0 Å². The summed E-state index contributed by atoms with van der Waals surface area (Å²) in [5, 5.41) is 8.95. The number of aromatic carboxylic acids is 1. The van der Waals surface area contributed by atoms with Gasteiger partial charge in [0.1, 0.15) is 23.7 Å². The van der Waals surface area contributed by atoms with Crippen LogP contribution in [0.1, 0.15) is 23.2 Å². The van der Waals surface area contributed by atoms with Crippen LogP contribution in [0.15, 0.2) is 18.2 Å². The van der Waals surface area contributed by atoms with Gasteiger partial charge in [0, 0.05) is 12.6 Å². The number of benzene rings is 1. The van der Waals surface area contributed by atoms with Crippen molar-refractivity contribution in [2.75, 3.05) is 26.2 Å². The van der Waals surface area contributed by atoms with Crippen LogP contribution in [0.3, 0.4) is 0 Å². The predicted molar refractivity (Wildman–Crippen MR) is 64.5 cm³/mol. The van der Waals surface area contributed by atoms with Crippen molar-refractivity contribution >= 4 is 5.97 Å². The van der Waals surface area contributed by atoms with Gasteiger partial charge in [-0.05, 0) is 38.1 Å². The van der Waals surface area contributed by atoms with Crippen molar-refractivity contribution in [2.45, 2.75) is 12.8 Å². The number of nitrogens with zero attached hydrogens (tertiary/aromatic N) is 1. The van der Waals surface area contributed by atoms with Crippen molar-refractivity contribution in [3.63, 3.8) is 0 Å². The summed E-state index contributed by atoms with van der Waals surface area (Å²) >= 11 is 0. The second-order valence-corrected chi connectivity index (χ2v) is 4.34. The van der Waals surface area contributed by atoms with Crippen molar-refractivity contribution in [1.82, 2.24) is 4.90 Å². The fourth-order valence-electron chi connectivity index (χ4n) is 2.08. The lowest BCUT2D eigenvalue weighted by Gasteiger charge is -2.15. The Morgan fingerprint density at radius 1 is 1.39 bits per heavy atom. The summed E-state index contributed by atoms with van der Waals surface area (Å²) in [6, 6.07) is 3.47. The molecule has 1 heterocycles.